The molecule has 0 atom stereocenters. The van der Waals surface area contributed by atoms with Crippen molar-refractivity contribution in [3.05, 3.63) is 0 Å². The molecule has 4 nitrogen and oxygen atoms in total. The van der Waals surface area contributed by atoms with E-state index in [1.54, 1.807) is 0 Å². The van der Waals surface area contributed by atoms with Crippen LogP contribution in [0.15, 0.2) is 0 Å². The van der Waals surface area contributed by atoms with Gasteiger partial charge in [0.05, 0.1) is 26.4 Å². The van der Waals surface area contributed by atoms with Crippen molar-refractivity contribution in [1.82, 2.24) is 0 Å². The second-order valence-electron chi connectivity index (χ2n) is 10.3. The molecule has 0 aromatic carbocycles. The number of hydrogen-bond donors (Lipinski definition) is 0. The Hall–Kier alpha value is -0.160. The fourth-order valence-corrected chi connectivity index (χ4v) is 4.52. The zero-order chi connectivity index (χ0) is 25.0. The Morgan fingerprint density at radius 3 is 0.971 bits per heavy atom. The molecule has 0 saturated carbocycles. The highest BCUT2D eigenvalue weighted by Crippen LogP contribution is 2.13. The molecule has 0 heterocycles. The van der Waals surface area contributed by atoms with Crippen LogP contribution in [0, 0.1) is 0 Å². The Kier molecular flexibility index (Phi) is 27.3. The van der Waals surface area contributed by atoms with Gasteiger partial charge in [-0.05, 0) is 32.1 Å². The summed E-state index contributed by atoms with van der Waals surface area (Å²) in [4.78, 5) is 0. The van der Waals surface area contributed by atoms with Crippen molar-refractivity contribution in [2.24, 2.45) is 0 Å². The van der Waals surface area contributed by atoms with Crippen molar-refractivity contribution in [3.8, 4) is 0 Å². The van der Waals surface area contributed by atoms with Crippen LogP contribution in [0.25, 0.3) is 0 Å². The van der Waals surface area contributed by atoms with Gasteiger partial charge in [-0.2, -0.15) is 0 Å². The van der Waals surface area contributed by atoms with Crippen molar-refractivity contribution in [2.45, 2.75) is 130 Å². The first-order valence-corrected chi connectivity index (χ1v) is 15.3. The van der Waals surface area contributed by atoms with Gasteiger partial charge in [0.2, 0.25) is 0 Å². The molecule has 0 fully saturated rings. The standard InChI is InChI=1S/C30H64NO3/c1-5-9-13-17-21-31(22-28-32-25-18-14-10-6-2,23-29-33-26-19-15-11-7-3)24-30-34-27-20-16-12-8-4/h5-30H2,1-4H3/q+1. The van der Waals surface area contributed by atoms with Gasteiger partial charge in [-0.25, -0.2) is 0 Å². The van der Waals surface area contributed by atoms with Gasteiger partial charge in [0.25, 0.3) is 0 Å². The van der Waals surface area contributed by atoms with Crippen molar-refractivity contribution in [2.75, 3.05) is 65.8 Å². The Morgan fingerprint density at radius 1 is 0.324 bits per heavy atom. The van der Waals surface area contributed by atoms with Crippen LogP contribution in [0.3, 0.4) is 0 Å². The highest BCUT2D eigenvalue weighted by atomic mass is 16.5. The van der Waals surface area contributed by atoms with Crippen molar-refractivity contribution in [1.29, 1.82) is 0 Å². The molecule has 4 heteroatoms. The molecule has 0 bridgehead atoms. The lowest BCUT2D eigenvalue weighted by molar-refractivity contribution is -0.929. The maximum absolute atomic E-state index is 6.11. The first kappa shape index (κ1) is 33.8. The smallest absolute Gasteiger partial charge is 0.103 e. The maximum Gasteiger partial charge on any atom is 0.103 e. The SMILES string of the molecule is CCCCCCOCC[N+](CCCCCC)(CCOCCCCCC)CCOCCCCCC. The summed E-state index contributed by atoms with van der Waals surface area (Å²) in [5.74, 6) is 0. The summed E-state index contributed by atoms with van der Waals surface area (Å²) in [6.07, 6.45) is 20.6. The van der Waals surface area contributed by atoms with Crippen LogP contribution in [0.5, 0.6) is 0 Å². The summed E-state index contributed by atoms with van der Waals surface area (Å²) in [5, 5.41) is 0. The molecule has 0 aliphatic carbocycles. The molecule has 0 amide bonds. The first-order valence-electron chi connectivity index (χ1n) is 15.3. The molecule has 206 valence electrons. The summed E-state index contributed by atoms with van der Waals surface area (Å²) in [6, 6.07) is 0. The normalized spacial score (nSPS) is 12.0. The van der Waals surface area contributed by atoms with E-state index in [9.17, 15) is 0 Å². The minimum atomic E-state index is 0.868. The number of hydrogen-bond acceptors (Lipinski definition) is 3. The van der Waals surface area contributed by atoms with Gasteiger partial charge in [0, 0.05) is 19.8 Å². The van der Waals surface area contributed by atoms with E-state index in [0.717, 1.165) is 63.8 Å². The van der Waals surface area contributed by atoms with Gasteiger partial charge < -0.3 is 18.7 Å². The molecule has 0 aliphatic rings. The Bertz CT molecular complexity index is 333. The van der Waals surface area contributed by atoms with Crippen molar-refractivity contribution < 1.29 is 18.7 Å². The average Bonchev–Trinajstić information content (AvgIpc) is 2.85. The van der Waals surface area contributed by atoms with Crippen LogP contribution in [-0.4, -0.2) is 70.3 Å². The van der Waals surface area contributed by atoms with E-state index < -0.39 is 0 Å². The summed E-state index contributed by atoms with van der Waals surface area (Å²) >= 11 is 0. The molecular formula is C30H64NO3+. The van der Waals surface area contributed by atoms with Gasteiger partial charge in [-0.3, -0.25) is 0 Å². The van der Waals surface area contributed by atoms with E-state index in [4.69, 9.17) is 14.2 Å². The number of rotatable bonds is 29. The van der Waals surface area contributed by atoms with E-state index in [0.29, 0.717) is 0 Å². The van der Waals surface area contributed by atoms with Crippen LogP contribution >= 0.6 is 0 Å². The zero-order valence-corrected chi connectivity index (χ0v) is 24.1. The molecular weight excluding hydrogens is 422 g/mol. The molecule has 0 rings (SSSR count). The highest BCUT2D eigenvalue weighted by Gasteiger charge is 2.26. The summed E-state index contributed by atoms with van der Waals surface area (Å²) in [7, 11) is 0. The lowest BCUT2D eigenvalue weighted by Crippen LogP contribution is -2.54. The predicted molar refractivity (Wildman–Crippen MR) is 149 cm³/mol. The third kappa shape index (κ3) is 22.3. The average molecular weight is 487 g/mol. The molecule has 0 spiro atoms. The topological polar surface area (TPSA) is 27.7 Å². The van der Waals surface area contributed by atoms with Gasteiger partial charge in [-0.15, -0.1) is 0 Å². The molecule has 0 aromatic rings. The lowest BCUT2D eigenvalue weighted by Gasteiger charge is -2.39. The van der Waals surface area contributed by atoms with Crippen LogP contribution in [0.2, 0.25) is 0 Å². The molecule has 0 aromatic heterocycles. The maximum atomic E-state index is 6.11. The van der Waals surface area contributed by atoms with Gasteiger partial charge >= 0.3 is 0 Å². The molecule has 0 aliphatic heterocycles. The first-order chi connectivity index (χ1) is 16.7. The summed E-state index contributed by atoms with van der Waals surface area (Å²) in [6.45, 7) is 19.0. The van der Waals surface area contributed by atoms with E-state index in [1.165, 1.54) is 109 Å². The number of nitrogens with zero attached hydrogens (tertiary/aromatic N) is 1. The second kappa shape index (κ2) is 27.4. The second-order valence-corrected chi connectivity index (χ2v) is 10.3. The Balaban J connectivity index is 4.68. The number of unbranched alkanes of at least 4 members (excludes halogenated alkanes) is 12. The highest BCUT2D eigenvalue weighted by molar-refractivity contribution is 4.51. The minimum absolute atomic E-state index is 0.868. The van der Waals surface area contributed by atoms with Crippen molar-refractivity contribution in [3.63, 3.8) is 0 Å². The van der Waals surface area contributed by atoms with E-state index in [-0.39, 0.29) is 0 Å². The Morgan fingerprint density at radius 2 is 0.647 bits per heavy atom. The van der Waals surface area contributed by atoms with Crippen LogP contribution in [0.4, 0.5) is 0 Å². The molecule has 34 heavy (non-hydrogen) atoms. The predicted octanol–water partition coefficient (Wildman–Crippen LogP) is 8.17. The van der Waals surface area contributed by atoms with Gasteiger partial charge in [-0.1, -0.05) is 98.3 Å². The third-order valence-corrected chi connectivity index (χ3v) is 7.04. The minimum Gasteiger partial charge on any atom is -0.376 e. The quantitative estimate of drug-likeness (QED) is 0.0788. The van der Waals surface area contributed by atoms with Gasteiger partial charge in [0.15, 0.2) is 0 Å². The van der Waals surface area contributed by atoms with Gasteiger partial charge in [0.1, 0.15) is 19.6 Å². The molecule has 0 N–H and O–H groups in total. The molecule has 0 radical (unpaired) electrons. The number of ether oxygens (including phenoxy) is 3. The largest absolute Gasteiger partial charge is 0.376 e. The summed E-state index contributed by atoms with van der Waals surface area (Å²) < 4.78 is 19.4. The summed E-state index contributed by atoms with van der Waals surface area (Å²) in [5.41, 5.74) is 0. The van der Waals surface area contributed by atoms with Crippen molar-refractivity contribution >= 4 is 0 Å². The fourth-order valence-electron chi connectivity index (χ4n) is 4.52. The van der Waals surface area contributed by atoms with Crippen LogP contribution in [-0.2, 0) is 14.2 Å². The zero-order valence-electron chi connectivity index (χ0n) is 24.1. The van der Waals surface area contributed by atoms with Crippen LogP contribution < -0.4 is 0 Å². The lowest BCUT2D eigenvalue weighted by atomic mass is 10.1. The Labute approximate surface area is 215 Å². The van der Waals surface area contributed by atoms with E-state index in [1.807, 2.05) is 0 Å². The fraction of sp³-hybridized carbons (Fsp3) is 1.00. The van der Waals surface area contributed by atoms with E-state index >= 15 is 0 Å². The van der Waals surface area contributed by atoms with Crippen LogP contribution in [0.1, 0.15) is 130 Å². The molecule has 0 unspecified atom stereocenters. The van der Waals surface area contributed by atoms with E-state index in [2.05, 4.69) is 27.7 Å². The monoisotopic (exact) mass is 486 g/mol. The molecule has 0 saturated heterocycles. The number of quaternary nitrogens is 1. The third-order valence-electron chi connectivity index (χ3n) is 7.04.